The minimum Gasteiger partial charge on any atom is -0.494 e. The molecule has 1 saturated heterocycles. The Morgan fingerprint density at radius 3 is 2.73 bits per heavy atom. The van der Waals surface area contributed by atoms with Crippen molar-refractivity contribution in [1.82, 2.24) is 14.8 Å². The van der Waals surface area contributed by atoms with E-state index in [1.165, 1.54) is 32.1 Å². The number of carbonyl (C=O) groups is 1. The van der Waals surface area contributed by atoms with Crippen molar-refractivity contribution in [2.24, 2.45) is 0 Å². The predicted octanol–water partition coefficient (Wildman–Crippen LogP) is 5.40. The van der Waals surface area contributed by atoms with Gasteiger partial charge in [-0.3, -0.25) is 4.90 Å². The summed E-state index contributed by atoms with van der Waals surface area (Å²) in [4.78, 5) is 20.4. The third-order valence-electron chi connectivity index (χ3n) is 7.09. The molecule has 6 nitrogen and oxygen atoms in total. The van der Waals surface area contributed by atoms with Gasteiger partial charge in [-0.1, -0.05) is 23.7 Å². The smallest absolute Gasteiger partial charge is 0.410 e. The maximum absolute atomic E-state index is 12.6. The van der Waals surface area contributed by atoms with Gasteiger partial charge in [-0.15, -0.1) is 0 Å². The van der Waals surface area contributed by atoms with E-state index in [2.05, 4.69) is 16.9 Å². The number of fused-ring (bicyclic) bond motifs is 3. The van der Waals surface area contributed by atoms with Crippen molar-refractivity contribution in [3.8, 4) is 5.75 Å². The van der Waals surface area contributed by atoms with E-state index >= 15 is 0 Å². The number of aromatic nitrogens is 1. The topological polar surface area (TPSA) is 57.8 Å². The van der Waals surface area contributed by atoms with E-state index in [0.29, 0.717) is 24.2 Å². The molecule has 1 aromatic heterocycles. The zero-order valence-electron chi connectivity index (χ0n) is 19.1. The van der Waals surface area contributed by atoms with Crippen LogP contribution in [0.25, 0.3) is 10.9 Å². The van der Waals surface area contributed by atoms with Crippen LogP contribution in [-0.4, -0.2) is 60.8 Å². The molecule has 3 heterocycles. The summed E-state index contributed by atoms with van der Waals surface area (Å²) >= 11 is 6.27. The molecule has 2 aliphatic heterocycles. The van der Waals surface area contributed by atoms with Crippen LogP contribution in [0.5, 0.6) is 5.75 Å². The largest absolute Gasteiger partial charge is 0.494 e. The van der Waals surface area contributed by atoms with Gasteiger partial charge in [0.15, 0.2) is 0 Å². The quantitative estimate of drug-likeness (QED) is 0.546. The fourth-order valence-electron chi connectivity index (χ4n) is 5.32. The number of H-pyrrole nitrogens is 1. The molecule has 0 spiro atoms. The zero-order chi connectivity index (χ0) is 22.9. The maximum Gasteiger partial charge on any atom is 0.410 e. The Bertz CT molecular complexity index is 1140. The fourth-order valence-corrected chi connectivity index (χ4v) is 5.50. The first-order valence-electron chi connectivity index (χ1n) is 11.6. The number of nitrogens with one attached hydrogen (secondary N) is 1. The lowest BCUT2D eigenvalue weighted by molar-refractivity contribution is 0.108. The van der Waals surface area contributed by atoms with Crippen LogP contribution in [0.4, 0.5) is 4.79 Å². The Labute approximate surface area is 199 Å². The number of methoxy groups -OCH3 is 1. The number of likely N-dealkylation sites (tertiary alicyclic amines) is 1. The van der Waals surface area contributed by atoms with Crippen LogP contribution in [0.1, 0.15) is 42.1 Å². The number of hydrogen-bond donors (Lipinski definition) is 1. The van der Waals surface area contributed by atoms with Crippen LogP contribution in [0.2, 0.25) is 5.02 Å². The van der Waals surface area contributed by atoms with Crippen molar-refractivity contribution in [2.75, 3.05) is 33.9 Å². The number of ether oxygens (including phenoxy) is 2. The summed E-state index contributed by atoms with van der Waals surface area (Å²) in [6.07, 6.45) is 3.98. The lowest BCUT2D eigenvalue weighted by Gasteiger charge is -2.35. The molecule has 1 N–H and O–H groups in total. The first kappa shape index (κ1) is 22.1. The van der Waals surface area contributed by atoms with Gasteiger partial charge in [-0.2, -0.15) is 0 Å². The average Bonchev–Trinajstić information content (AvgIpc) is 3.41. The van der Waals surface area contributed by atoms with E-state index < -0.39 is 0 Å². The molecule has 174 valence electrons. The molecule has 0 aliphatic carbocycles. The Hall–Kier alpha value is -2.70. The molecule has 0 saturated carbocycles. The second kappa shape index (κ2) is 9.27. The third kappa shape index (κ3) is 4.30. The van der Waals surface area contributed by atoms with Crippen molar-refractivity contribution in [2.45, 2.75) is 37.8 Å². The van der Waals surface area contributed by atoms with E-state index in [0.717, 1.165) is 40.8 Å². The molecule has 0 radical (unpaired) electrons. The predicted molar refractivity (Wildman–Crippen MR) is 130 cm³/mol. The van der Waals surface area contributed by atoms with Gasteiger partial charge >= 0.3 is 6.09 Å². The van der Waals surface area contributed by atoms with E-state index in [9.17, 15) is 4.79 Å². The monoisotopic (exact) mass is 467 g/mol. The van der Waals surface area contributed by atoms with Crippen molar-refractivity contribution in [3.05, 3.63) is 64.3 Å². The standard InChI is InChI=1S/C26H30ClN3O3/c1-29-13-3-4-19(29)12-15-33-20-8-5-17(6-9-20)25-24-21(11-14-30(25)26(31)32-2)22-16-18(27)7-10-23(22)28-24/h5-10,16,19,25,28H,3-4,11-15H2,1-2H3. The zero-order valence-corrected chi connectivity index (χ0v) is 19.9. The minimum atomic E-state index is -0.330. The summed E-state index contributed by atoms with van der Waals surface area (Å²) < 4.78 is 11.1. The molecule has 2 unspecified atom stereocenters. The second-order valence-electron chi connectivity index (χ2n) is 9.01. The Balaban J connectivity index is 1.40. The molecule has 2 atom stereocenters. The van der Waals surface area contributed by atoms with E-state index in [-0.39, 0.29) is 12.1 Å². The number of nitrogens with zero attached hydrogens (tertiary/aromatic N) is 2. The van der Waals surface area contributed by atoms with Gasteiger partial charge in [-0.25, -0.2) is 4.79 Å². The molecule has 1 amide bonds. The number of benzene rings is 2. The first-order valence-corrected chi connectivity index (χ1v) is 12.0. The van der Waals surface area contributed by atoms with Gasteiger partial charge in [0.05, 0.1) is 13.7 Å². The fraction of sp³-hybridized carbons (Fsp3) is 0.423. The summed E-state index contributed by atoms with van der Waals surface area (Å²) in [6.45, 7) is 2.47. The summed E-state index contributed by atoms with van der Waals surface area (Å²) in [5.74, 6) is 0.850. The van der Waals surface area contributed by atoms with Gasteiger partial charge < -0.3 is 19.4 Å². The highest BCUT2D eigenvalue weighted by molar-refractivity contribution is 6.31. The van der Waals surface area contributed by atoms with Crippen LogP contribution >= 0.6 is 11.6 Å². The van der Waals surface area contributed by atoms with Crippen molar-refractivity contribution >= 4 is 28.6 Å². The van der Waals surface area contributed by atoms with Crippen LogP contribution in [0.3, 0.4) is 0 Å². The maximum atomic E-state index is 12.6. The third-order valence-corrected chi connectivity index (χ3v) is 7.32. The summed E-state index contributed by atoms with van der Waals surface area (Å²) in [5.41, 5.74) is 4.26. The van der Waals surface area contributed by atoms with Crippen molar-refractivity contribution in [1.29, 1.82) is 0 Å². The normalized spacial score (nSPS) is 20.8. The summed E-state index contributed by atoms with van der Waals surface area (Å²) in [7, 11) is 3.62. The van der Waals surface area contributed by atoms with E-state index in [1.807, 2.05) is 42.5 Å². The van der Waals surface area contributed by atoms with Crippen molar-refractivity contribution < 1.29 is 14.3 Å². The van der Waals surface area contributed by atoms with E-state index in [1.54, 1.807) is 4.90 Å². The molecule has 3 aromatic rings. The number of aromatic amines is 1. The molecule has 7 heteroatoms. The Kier molecular flexibility index (Phi) is 6.21. The van der Waals surface area contributed by atoms with Gasteiger partial charge in [0.1, 0.15) is 11.8 Å². The van der Waals surface area contributed by atoms with Gasteiger partial charge in [0.25, 0.3) is 0 Å². The number of rotatable bonds is 5. The van der Waals surface area contributed by atoms with Gasteiger partial charge in [-0.05, 0) is 80.7 Å². The molecule has 1 fully saturated rings. The number of hydrogen-bond acceptors (Lipinski definition) is 4. The van der Waals surface area contributed by atoms with Gasteiger partial charge in [0.2, 0.25) is 0 Å². The lowest BCUT2D eigenvalue weighted by atomic mass is 9.92. The van der Waals surface area contributed by atoms with Crippen LogP contribution in [-0.2, 0) is 11.2 Å². The lowest BCUT2D eigenvalue weighted by Crippen LogP contribution is -2.40. The summed E-state index contributed by atoms with van der Waals surface area (Å²) in [5, 5.41) is 1.82. The molecule has 2 aliphatic rings. The van der Waals surface area contributed by atoms with Gasteiger partial charge in [0, 0.05) is 34.2 Å². The molecule has 2 aromatic carbocycles. The number of halogens is 1. The van der Waals surface area contributed by atoms with Crippen molar-refractivity contribution in [3.63, 3.8) is 0 Å². The number of carbonyl (C=O) groups excluding carboxylic acids is 1. The molecular weight excluding hydrogens is 438 g/mol. The molecular formula is C26H30ClN3O3. The number of amides is 1. The Morgan fingerprint density at radius 1 is 1.18 bits per heavy atom. The minimum absolute atomic E-state index is 0.256. The highest BCUT2D eigenvalue weighted by Gasteiger charge is 2.35. The highest BCUT2D eigenvalue weighted by Crippen LogP contribution is 2.39. The van der Waals surface area contributed by atoms with E-state index in [4.69, 9.17) is 21.1 Å². The first-order chi connectivity index (χ1) is 16.0. The van der Waals surface area contributed by atoms with Crippen LogP contribution in [0.15, 0.2) is 42.5 Å². The Morgan fingerprint density at radius 2 is 2.00 bits per heavy atom. The average molecular weight is 468 g/mol. The van der Waals surface area contributed by atoms with Crippen LogP contribution in [0, 0.1) is 0 Å². The molecule has 5 rings (SSSR count). The highest BCUT2D eigenvalue weighted by atomic mass is 35.5. The molecule has 33 heavy (non-hydrogen) atoms. The summed E-state index contributed by atoms with van der Waals surface area (Å²) in [6, 6.07) is 14.3. The second-order valence-corrected chi connectivity index (χ2v) is 9.44. The molecule has 0 bridgehead atoms. The SMILES string of the molecule is COC(=O)N1CCc2c([nH]c3ccc(Cl)cc23)C1c1ccc(OCCC2CCCN2C)cc1. The van der Waals surface area contributed by atoms with Crippen LogP contribution < -0.4 is 4.74 Å².